The summed E-state index contributed by atoms with van der Waals surface area (Å²) in [6, 6.07) is 4.21. The molecule has 2 heterocycles. The SMILES string of the molecule is COc1cc(C(=O)NC2(C(=O)NC(C)c3ncc(-c4cc(Cl)cc(Cl)c4OCC(F)F)cc3F)CC2)on1. The lowest BCUT2D eigenvalue weighted by Crippen LogP contribution is -2.49. The van der Waals surface area contributed by atoms with Gasteiger partial charge in [0.2, 0.25) is 11.7 Å². The maximum absolute atomic E-state index is 15.1. The van der Waals surface area contributed by atoms with E-state index in [2.05, 4.69) is 20.8 Å². The standard InChI is InChI=1S/C24H21Cl2F3N4O5/c1-11(31-23(35)24(3-4-24)32-22(34)17-8-19(36-2)33-38-17)20-16(27)5-12(9-30-20)14-6-13(25)7-15(26)21(14)37-10-18(28)29/h5-9,11,18H,3-4,10H2,1-2H3,(H,31,35)(H,32,34). The molecule has 4 rings (SSSR count). The largest absolute Gasteiger partial charge is 0.485 e. The van der Waals surface area contributed by atoms with Crippen LogP contribution in [0.3, 0.4) is 0 Å². The maximum Gasteiger partial charge on any atom is 0.290 e. The summed E-state index contributed by atoms with van der Waals surface area (Å²) in [5, 5.41) is 8.97. The number of ether oxygens (including phenoxy) is 2. The minimum Gasteiger partial charge on any atom is -0.485 e. The molecule has 3 aromatic rings. The van der Waals surface area contributed by atoms with Crippen molar-refractivity contribution in [3.05, 3.63) is 57.8 Å². The predicted molar refractivity (Wildman–Crippen MR) is 130 cm³/mol. The molecule has 2 amide bonds. The van der Waals surface area contributed by atoms with E-state index in [0.717, 1.165) is 6.07 Å². The molecule has 0 aliphatic heterocycles. The summed E-state index contributed by atoms with van der Waals surface area (Å²) < 4.78 is 55.4. The molecule has 0 bridgehead atoms. The second-order valence-corrected chi connectivity index (χ2v) is 9.37. The molecule has 1 aromatic carbocycles. The zero-order valence-corrected chi connectivity index (χ0v) is 21.5. The Bertz CT molecular complexity index is 1370. The zero-order valence-electron chi connectivity index (χ0n) is 20.0. The Morgan fingerprint density at radius 2 is 1.95 bits per heavy atom. The summed E-state index contributed by atoms with van der Waals surface area (Å²) in [5.74, 6) is -2.08. The van der Waals surface area contributed by atoms with E-state index in [9.17, 15) is 18.4 Å². The molecule has 14 heteroatoms. The second-order valence-electron chi connectivity index (χ2n) is 8.52. The van der Waals surface area contributed by atoms with E-state index < -0.39 is 42.2 Å². The van der Waals surface area contributed by atoms with Gasteiger partial charge in [0.15, 0.2) is 0 Å². The Morgan fingerprint density at radius 3 is 2.55 bits per heavy atom. The summed E-state index contributed by atoms with van der Waals surface area (Å²) >= 11 is 12.2. The summed E-state index contributed by atoms with van der Waals surface area (Å²) in [5.41, 5.74) is -0.934. The Labute approximate surface area is 224 Å². The van der Waals surface area contributed by atoms with Gasteiger partial charge in [-0.3, -0.25) is 14.6 Å². The fourth-order valence-corrected chi connectivity index (χ4v) is 4.21. The highest BCUT2D eigenvalue weighted by molar-refractivity contribution is 6.36. The van der Waals surface area contributed by atoms with E-state index >= 15 is 4.39 Å². The van der Waals surface area contributed by atoms with Crippen molar-refractivity contribution in [2.75, 3.05) is 13.7 Å². The summed E-state index contributed by atoms with van der Waals surface area (Å²) in [7, 11) is 1.36. The van der Waals surface area contributed by atoms with Crippen LogP contribution in [0.2, 0.25) is 10.0 Å². The molecule has 38 heavy (non-hydrogen) atoms. The van der Waals surface area contributed by atoms with Crippen molar-refractivity contribution < 1.29 is 36.8 Å². The van der Waals surface area contributed by atoms with Crippen molar-refractivity contribution in [2.24, 2.45) is 0 Å². The van der Waals surface area contributed by atoms with Gasteiger partial charge in [-0.2, -0.15) is 0 Å². The highest BCUT2D eigenvalue weighted by atomic mass is 35.5. The van der Waals surface area contributed by atoms with Crippen LogP contribution in [0.1, 0.15) is 42.1 Å². The Balaban J connectivity index is 1.48. The smallest absolute Gasteiger partial charge is 0.290 e. The molecule has 1 aliphatic carbocycles. The summed E-state index contributed by atoms with van der Waals surface area (Å²) in [4.78, 5) is 29.5. The van der Waals surface area contributed by atoms with Gasteiger partial charge in [-0.05, 0) is 43.1 Å². The van der Waals surface area contributed by atoms with Crippen LogP contribution in [-0.4, -0.2) is 47.6 Å². The number of amides is 2. The number of hydrogen-bond donors (Lipinski definition) is 2. The molecule has 1 atom stereocenters. The van der Waals surface area contributed by atoms with Gasteiger partial charge in [-0.15, -0.1) is 0 Å². The van der Waals surface area contributed by atoms with Crippen molar-refractivity contribution in [1.29, 1.82) is 0 Å². The highest BCUT2D eigenvalue weighted by Crippen LogP contribution is 2.40. The Hall–Kier alpha value is -3.51. The van der Waals surface area contributed by atoms with E-state index in [-0.39, 0.29) is 44.3 Å². The number of carbonyl (C=O) groups is 2. The average Bonchev–Trinajstić information content (AvgIpc) is 3.47. The van der Waals surface area contributed by atoms with Crippen molar-refractivity contribution in [3.8, 4) is 22.8 Å². The number of halogens is 5. The van der Waals surface area contributed by atoms with Crippen molar-refractivity contribution in [3.63, 3.8) is 0 Å². The van der Waals surface area contributed by atoms with E-state index in [0.29, 0.717) is 12.8 Å². The van der Waals surface area contributed by atoms with Gasteiger partial charge in [0.05, 0.1) is 29.9 Å². The highest BCUT2D eigenvalue weighted by Gasteiger charge is 2.52. The molecule has 0 spiro atoms. The molecule has 1 unspecified atom stereocenters. The maximum atomic E-state index is 15.1. The van der Waals surface area contributed by atoms with Crippen LogP contribution in [0.5, 0.6) is 11.6 Å². The number of rotatable bonds is 10. The molecule has 0 radical (unpaired) electrons. The fourth-order valence-electron chi connectivity index (χ4n) is 3.66. The number of pyridine rings is 1. The number of hydrogen-bond acceptors (Lipinski definition) is 7. The molecule has 9 nitrogen and oxygen atoms in total. The third-order valence-corrected chi connectivity index (χ3v) is 6.26. The van der Waals surface area contributed by atoms with Crippen LogP contribution >= 0.6 is 23.2 Å². The quantitative estimate of drug-likeness (QED) is 0.352. The van der Waals surface area contributed by atoms with Crippen LogP contribution in [0.15, 0.2) is 35.0 Å². The van der Waals surface area contributed by atoms with Crippen LogP contribution in [0, 0.1) is 5.82 Å². The van der Waals surface area contributed by atoms with Gasteiger partial charge in [0.1, 0.15) is 23.7 Å². The van der Waals surface area contributed by atoms with Crippen molar-refractivity contribution in [2.45, 2.75) is 37.8 Å². The first-order valence-corrected chi connectivity index (χ1v) is 12.0. The van der Waals surface area contributed by atoms with Gasteiger partial charge < -0.3 is 24.6 Å². The Morgan fingerprint density at radius 1 is 1.21 bits per heavy atom. The first-order chi connectivity index (χ1) is 18.0. The fraction of sp³-hybridized carbons (Fsp3) is 0.333. The minimum atomic E-state index is -2.76. The first kappa shape index (κ1) is 27.5. The normalized spacial score (nSPS) is 14.6. The topological polar surface area (TPSA) is 116 Å². The average molecular weight is 573 g/mol. The number of methoxy groups -OCH3 is 1. The number of nitrogens with zero attached hydrogens (tertiary/aromatic N) is 2. The monoisotopic (exact) mass is 572 g/mol. The zero-order chi connectivity index (χ0) is 27.6. The van der Waals surface area contributed by atoms with Crippen LogP contribution in [-0.2, 0) is 4.79 Å². The van der Waals surface area contributed by atoms with E-state index in [1.54, 1.807) is 0 Å². The number of carbonyl (C=O) groups excluding carboxylic acids is 2. The third kappa shape index (κ3) is 5.97. The number of alkyl halides is 2. The lowest BCUT2D eigenvalue weighted by Gasteiger charge is -2.21. The van der Waals surface area contributed by atoms with Gasteiger partial charge in [-0.1, -0.05) is 23.2 Å². The van der Waals surface area contributed by atoms with Crippen LogP contribution < -0.4 is 20.1 Å². The molecule has 202 valence electrons. The molecule has 2 N–H and O–H groups in total. The van der Waals surface area contributed by atoms with Gasteiger partial charge in [0, 0.05) is 22.3 Å². The molecular weight excluding hydrogens is 552 g/mol. The molecule has 0 saturated heterocycles. The van der Waals surface area contributed by atoms with Gasteiger partial charge >= 0.3 is 0 Å². The number of benzene rings is 1. The summed E-state index contributed by atoms with van der Waals surface area (Å²) in [6.07, 6.45) is -0.734. The van der Waals surface area contributed by atoms with Crippen LogP contribution in [0.25, 0.3) is 11.1 Å². The molecule has 1 aliphatic rings. The second kappa shape index (κ2) is 11.1. The minimum absolute atomic E-state index is 0.0289. The Kier molecular flexibility index (Phi) is 8.02. The molecule has 1 fully saturated rings. The van der Waals surface area contributed by atoms with E-state index in [1.165, 1.54) is 38.4 Å². The first-order valence-electron chi connectivity index (χ1n) is 11.2. The molecular formula is C24H21Cl2F3N4O5. The van der Waals surface area contributed by atoms with Gasteiger partial charge in [0.25, 0.3) is 18.2 Å². The van der Waals surface area contributed by atoms with Crippen LogP contribution in [0.4, 0.5) is 13.2 Å². The summed E-state index contributed by atoms with van der Waals surface area (Å²) in [6.45, 7) is 0.601. The number of nitrogens with one attached hydrogen (secondary N) is 2. The van der Waals surface area contributed by atoms with E-state index in [1.807, 2.05) is 0 Å². The van der Waals surface area contributed by atoms with Crippen molar-refractivity contribution >= 4 is 35.0 Å². The predicted octanol–water partition coefficient (Wildman–Crippen LogP) is 4.97. The lowest BCUT2D eigenvalue weighted by atomic mass is 10.0. The molecule has 2 aromatic heterocycles. The number of aromatic nitrogens is 2. The van der Waals surface area contributed by atoms with Crippen molar-refractivity contribution in [1.82, 2.24) is 20.8 Å². The third-order valence-electron chi connectivity index (χ3n) is 5.76. The molecule has 1 saturated carbocycles. The lowest BCUT2D eigenvalue weighted by molar-refractivity contribution is -0.124. The van der Waals surface area contributed by atoms with E-state index in [4.69, 9.17) is 37.2 Å². The van der Waals surface area contributed by atoms with Gasteiger partial charge in [-0.25, -0.2) is 13.2 Å².